The van der Waals surface area contributed by atoms with Gasteiger partial charge in [0.1, 0.15) is 0 Å². The molecule has 1 heterocycles. The summed E-state index contributed by atoms with van der Waals surface area (Å²) < 4.78 is 1.94. The first-order valence-electron chi connectivity index (χ1n) is 7.39. The monoisotopic (exact) mass is 321 g/mol. The van der Waals surface area contributed by atoms with Gasteiger partial charge in [-0.25, -0.2) is 4.68 Å². The van der Waals surface area contributed by atoms with Crippen molar-refractivity contribution in [1.82, 2.24) is 14.7 Å². The quantitative estimate of drug-likeness (QED) is 0.918. The van der Waals surface area contributed by atoms with E-state index in [0.717, 1.165) is 28.6 Å². The third-order valence-electron chi connectivity index (χ3n) is 3.60. The second kappa shape index (κ2) is 6.41. The molecule has 1 N–H and O–H groups in total. The van der Waals surface area contributed by atoms with Crippen molar-refractivity contribution in [3.05, 3.63) is 46.2 Å². The Balaban J connectivity index is 2.26. The highest BCUT2D eigenvalue weighted by Crippen LogP contribution is 2.21. The molecule has 0 atom stereocenters. The van der Waals surface area contributed by atoms with E-state index in [2.05, 4.69) is 16.9 Å². The average Bonchev–Trinajstić information content (AvgIpc) is 2.66. The minimum Gasteiger partial charge on any atom is -0.389 e. The summed E-state index contributed by atoms with van der Waals surface area (Å²) in [7, 11) is 2.01. The Labute approximate surface area is 137 Å². The molecule has 0 bridgehead atoms. The Bertz CT molecular complexity index is 641. The van der Waals surface area contributed by atoms with Crippen LogP contribution in [0.25, 0.3) is 5.69 Å². The van der Waals surface area contributed by atoms with Crippen LogP contribution in [0.2, 0.25) is 5.02 Å². The number of likely N-dealkylation sites (N-methyl/N-ethyl adjacent to an activating group) is 1. The Morgan fingerprint density at radius 2 is 1.82 bits per heavy atom. The molecule has 0 unspecified atom stereocenters. The number of rotatable bonds is 5. The van der Waals surface area contributed by atoms with Crippen LogP contribution in [0.1, 0.15) is 30.8 Å². The first-order valence-corrected chi connectivity index (χ1v) is 7.77. The summed E-state index contributed by atoms with van der Waals surface area (Å²) in [5.41, 5.74) is 3.61. The summed E-state index contributed by atoms with van der Waals surface area (Å²) >= 11 is 5.95. The second-order valence-electron chi connectivity index (χ2n) is 6.52. The topological polar surface area (TPSA) is 41.3 Å². The number of benzene rings is 1. The zero-order valence-electron chi connectivity index (χ0n) is 13.9. The normalized spacial score (nSPS) is 12.2. The van der Waals surface area contributed by atoms with Crippen LogP contribution in [-0.4, -0.2) is 39.0 Å². The van der Waals surface area contributed by atoms with Crippen LogP contribution in [0.15, 0.2) is 24.3 Å². The van der Waals surface area contributed by atoms with Gasteiger partial charge in [0.05, 0.1) is 17.0 Å². The highest BCUT2D eigenvalue weighted by Gasteiger charge is 2.19. The zero-order valence-corrected chi connectivity index (χ0v) is 14.6. The second-order valence-corrected chi connectivity index (χ2v) is 6.96. The van der Waals surface area contributed by atoms with E-state index in [1.54, 1.807) is 0 Å². The molecule has 0 aliphatic carbocycles. The highest BCUT2D eigenvalue weighted by molar-refractivity contribution is 6.30. The van der Waals surface area contributed by atoms with Gasteiger partial charge in [-0.05, 0) is 59.0 Å². The van der Waals surface area contributed by atoms with Crippen molar-refractivity contribution in [2.75, 3.05) is 13.6 Å². The summed E-state index contributed by atoms with van der Waals surface area (Å²) in [4.78, 5) is 2.11. The van der Waals surface area contributed by atoms with Crippen molar-refractivity contribution < 1.29 is 5.11 Å². The van der Waals surface area contributed by atoms with E-state index in [-0.39, 0.29) is 0 Å². The smallest absolute Gasteiger partial charge is 0.0718 e. The number of halogens is 1. The van der Waals surface area contributed by atoms with Gasteiger partial charge in [-0.1, -0.05) is 11.6 Å². The number of aliphatic hydroxyl groups is 1. The maximum Gasteiger partial charge on any atom is 0.0718 e. The molecule has 0 saturated heterocycles. The van der Waals surface area contributed by atoms with E-state index in [9.17, 15) is 5.11 Å². The molecule has 0 aliphatic heterocycles. The van der Waals surface area contributed by atoms with Gasteiger partial charge < -0.3 is 5.11 Å². The number of aromatic nitrogens is 2. The molecular weight excluding hydrogens is 298 g/mol. The van der Waals surface area contributed by atoms with Gasteiger partial charge in [0, 0.05) is 29.4 Å². The molecule has 1 aromatic carbocycles. The lowest BCUT2D eigenvalue weighted by Crippen LogP contribution is -2.36. The molecule has 0 spiro atoms. The van der Waals surface area contributed by atoms with Gasteiger partial charge in [0.15, 0.2) is 0 Å². The van der Waals surface area contributed by atoms with Gasteiger partial charge in [0.2, 0.25) is 0 Å². The van der Waals surface area contributed by atoms with Crippen LogP contribution in [0.3, 0.4) is 0 Å². The molecule has 2 aromatic rings. The van der Waals surface area contributed by atoms with Crippen LogP contribution < -0.4 is 0 Å². The fourth-order valence-electron chi connectivity index (χ4n) is 2.72. The van der Waals surface area contributed by atoms with Gasteiger partial charge >= 0.3 is 0 Å². The van der Waals surface area contributed by atoms with Gasteiger partial charge in [0.25, 0.3) is 0 Å². The van der Waals surface area contributed by atoms with Crippen LogP contribution in [0.4, 0.5) is 0 Å². The van der Waals surface area contributed by atoms with E-state index in [0.29, 0.717) is 6.54 Å². The SMILES string of the molecule is Cc1nn(-c2ccc(Cl)cc2)c(C)c1CN(C)CC(C)(C)O. The van der Waals surface area contributed by atoms with Crippen molar-refractivity contribution in [3.63, 3.8) is 0 Å². The van der Waals surface area contributed by atoms with E-state index in [1.165, 1.54) is 5.56 Å². The lowest BCUT2D eigenvalue weighted by molar-refractivity contribution is 0.0423. The van der Waals surface area contributed by atoms with Crippen LogP contribution in [-0.2, 0) is 6.54 Å². The Morgan fingerprint density at radius 1 is 1.23 bits per heavy atom. The molecule has 1 aromatic heterocycles. The predicted molar refractivity (Wildman–Crippen MR) is 90.7 cm³/mol. The first kappa shape index (κ1) is 17.0. The summed E-state index contributed by atoms with van der Waals surface area (Å²) in [5, 5.41) is 15.3. The molecular formula is C17H24ClN3O. The van der Waals surface area contributed by atoms with Gasteiger partial charge in [-0.3, -0.25) is 4.90 Å². The van der Waals surface area contributed by atoms with Crippen molar-refractivity contribution in [2.45, 2.75) is 39.8 Å². The van der Waals surface area contributed by atoms with Crippen LogP contribution >= 0.6 is 11.6 Å². The summed E-state index contributed by atoms with van der Waals surface area (Å²) in [6.07, 6.45) is 0. The summed E-state index contributed by atoms with van der Waals surface area (Å²) in [5.74, 6) is 0. The number of hydrogen-bond acceptors (Lipinski definition) is 3. The van der Waals surface area contributed by atoms with E-state index < -0.39 is 5.60 Å². The largest absolute Gasteiger partial charge is 0.389 e. The standard InChI is InChI=1S/C17H24ClN3O/c1-12-16(10-20(5)11-17(3,4)22)13(2)21(19-12)15-8-6-14(18)7-9-15/h6-9,22H,10-11H2,1-5H3. The average molecular weight is 322 g/mol. The molecule has 5 heteroatoms. The highest BCUT2D eigenvalue weighted by atomic mass is 35.5. The first-order chi connectivity index (χ1) is 10.2. The van der Waals surface area contributed by atoms with Crippen molar-refractivity contribution in [2.24, 2.45) is 0 Å². The van der Waals surface area contributed by atoms with Crippen LogP contribution in [0, 0.1) is 13.8 Å². The van der Waals surface area contributed by atoms with Crippen molar-refractivity contribution >= 4 is 11.6 Å². The van der Waals surface area contributed by atoms with E-state index in [4.69, 9.17) is 11.6 Å². The van der Waals surface area contributed by atoms with E-state index in [1.807, 2.05) is 56.8 Å². The molecule has 0 fully saturated rings. The van der Waals surface area contributed by atoms with Gasteiger partial charge in [-0.15, -0.1) is 0 Å². The van der Waals surface area contributed by atoms with E-state index >= 15 is 0 Å². The maximum absolute atomic E-state index is 9.94. The van der Waals surface area contributed by atoms with Crippen molar-refractivity contribution in [1.29, 1.82) is 0 Å². The Kier molecular flexibility index (Phi) is 4.95. The number of hydrogen-bond donors (Lipinski definition) is 1. The fraction of sp³-hybridized carbons (Fsp3) is 0.471. The summed E-state index contributed by atoms with van der Waals surface area (Å²) in [6, 6.07) is 7.67. The Hall–Kier alpha value is -1.36. The minimum atomic E-state index is -0.706. The fourth-order valence-corrected chi connectivity index (χ4v) is 2.85. The molecule has 4 nitrogen and oxygen atoms in total. The number of nitrogens with zero attached hydrogens (tertiary/aromatic N) is 3. The number of aryl methyl sites for hydroxylation is 1. The molecule has 22 heavy (non-hydrogen) atoms. The molecule has 2 rings (SSSR count). The predicted octanol–water partition coefficient (Wildman–Crippen LogP) is 3.35. The maximum atomic E-state index is 9.94. The third-order valence-corrected chi connectivity index (χ3v) is 3.85. The van der Waals surface area contributed by atoms with Crippen molar-refractivity contribution in [3.8, 4) is 5.69 Å². The summed E-state index contributed by atoms with van der Waals surface area (Å²) in [6.45, 7) is 9.10. The minimum absolute atomic E-state index is 0.609. The zero-order chi connectivity index (χ0) is 16.5. The Morgan fingerprint density at radius 3 is 2.36 bits per heavy atom. The molecule has 0 radical (unpaired) electrons. The third kappa shape index (κ3) is 4.09. The molecule has 0 aliphatic rings. The molecule has 0 amide bonds. The molecule has 0 saturated carbocycles. The lowest BCUT2D eigenvalue weighted by Gasteiger charge is -2.25. The van der Waals surface area contributed by atoms with Gasteiger partial charge in [-0.2, -0.15) is 5.10 Å². The van der Waals surface area contributed by atoms with Crippen LogP contribution in [0.5, 0.6) is 0 Å². The lowest BCUT2D eigenvalue weighted by atomic mass is 10.1. The molecule has 120 valence electrons.